The summed E-state index contributed by atoms with van der Waals surface area (Å²) in [6.45, 7) is 6.60. The van der Waals surface area contributed by atoms with E-state index in [0.29, 0.717) is 5.13 Å². The summed E-state index contributed by atoms with van der Waals surface area (Å²) in [7, 11) is 0. The molecule has 0 saturated heterocycles. The van der Waals surface area contributed by atoms with Crippen molar-refractivity contribution in [2.45, 2.75) is 51.2 Å². The zero-order chi connectivity index (χ0) is 22.2. The van der Waals surface area contributed by atoms with Crippen LogP contribution in [-0.4, -0.2) is 31.4 Å². The molecule has 1 amide bonds. The van der Waals surface area contributed by atoms with Crippen LogP contribution >= 0.6 is 34.4 Å². The van der Waals surface area contributed by atoms with Gasteiger partial charge in [-0.2, -0.15) is 0 Å². The minimum Gasteiger partial charge on any atom is -0.301 e. The van der Waals surface area contributed by atoms with Gasteiger partial charge in [0.1, 0.15) is 0 Å². The molecule has 1 atom stereocenters. The number of fused-ring (bicyclic) bond motifs is 2. The molecule has 0 saturated carbocycles. The average Bonchev–Trinajstić information content (AvgIpc) is 3.47. The predicted molar refractivity (Wildman–Crippen MR) is 134 cm³/mol. The molecular weight excluding hydrogens is 458 g/mol. The van der Waals surface area contributed by atoms with Gasteiger partial charge in [0, 0.05) is 21.9 Å². The number of para-hydroxylation sites is 1. The summed E-state index contributed by atoms with van der Waals surface area (Å²) in [6.07, 6.45) is 3.48. The van der Waals surface area contributed by atoms with Crippen LogP contribution in [0.25, 0.3) is 21.6 Å². The van der Waals surface area contributed by atoms with Gasteiger partial charge >= 0.3 is 0 Å². The third kappa shape index (κ3) is 4.21. The zero-order valence-corrected chi connectivity index (χ0v) is 20.7. The van der Waals surface area contributed by atoms with E-state index < -0.39 is 0 Å². The highest BCUT2D eigenvalue weighted by Gasteiger charge is 2.25. The van der Waals surface area contributed by atoms with Crippen LogP contribution in [-0.2, 0) is 17.6 Å². The summed E-state index contributed by atoms with van der Waals surface area (Å²) in [4.78, 5) is 18.6. The van der Waals surface area contributed by atoms with Gasteiger partial charge in [0.15, 0.2) is 16.1 Å². The molecule has 5 rings (SSSR count). The highest BCUT2D eigenvalue weighted by Crippen LogP contribution is 2.39. The molecule has 0 spiro atoms. The van der Waals surface area contributed by atoms with Crippen LogP contribution in [0.4, 0.5) is 5.13 Å². The lowest BCUT2D eigenvalue weighted by molar-refractivity contribution is -0.113. The molecule has 0 aliphatic heterocycles. The maximum Gasteiger partial charge on any atom is 0.236 e. The van der Waals surface area contributed by atoms with E-state index in [9.17, 15) is 4.79 Å². The first-order valence-corrected chi connectivity index (χ1v) is 13.5. The molecule has 0 radical (unpaired) electrons. The van der Waals surface area contributed by atoms with Gasteiger partial charge in [-0.25, -0.2) is 4.98 Å². The zero-order valence-electron chi connectivity index (χ0n) is 18.3. The molecule has 0 fully saturated rings. The minimum atomic E-state index is -0.0872. The van der Waals surface area contributed by atoms with Gasteiger partial charge < -0.3 is 5.32 Å². The highest BCUT2D eigenvalue weighted by molar-refractivity contribution is 7.99. The minimum absolute atomic E-state index is 0.0872. The first-order chi connectivity index (χ1) is 15.5. The van der Waals surface area contributed by atoms with Crippen molar-refractivity contribution in [1.82, 2.24) is 19.7 Å². The Labute approximate surface area is 199 Å². The van der Waals surface area contributed by atoms with Gasteiger partial charge in [-0.1, -0.05) is 42.2 Å². The second-order valence-electron chi connectivity index (χ2n) is 8.49. The van der Waals surface area contributed by atoms with Gasteiger partial charge in [0.25, 0.3) is 0 Å². The molecule has 6 nitrogen and oxygen atoms in total. The second-order valence-corrected chi connectivity index (χ2v) is 11.4. The number of thiophene rings is 1. The maximum atomic E-state index is 12.6. The normalized spacial score (nSPS) is 15.9. The van der Waals surface area contributed by atoms with Crippen molar-refractivity contribution in [3.63, 3.8) is 0 Å². The number of anilines is 1. The third-order valence-electron chi connectivity index (χ3n) is 5.70. The van der Waals surface area contributed by atoms with Gasteiger partial charge in [0.05, 0.1) is 16.0 Å². The van der Waals surface area contributed by atoms with Crippen LogP contribution in [0.5, 0.6) is 0 Å². The van der Waals surface area contributed by atoms with E-state index in [2.05, 4.69) is 51.2 Å². The van der Waals surface area contributed by atoms with Crippen molar-refractivity contribution >= 4 is 55.7 Å². The summed E-state index contributed by atoms with van der Waals surface area (Å²) in [5, 5.41) is 15.6. The van der Waals surface area contributed by atoms with E-state index in [-0.39, 0.29) is 17.7 Å². The number of nitrogens with one attached hydrogen (secondary N) is 1. The van der Waals surface area contributed by atoms with Crippen LogP contribution in [0, 0.1) is 5.92 Å². The van der Waals surface area contributed by atoms with Gasteiger partial charge in [-0.05, 0) is 56.7 Å². The second kappa shape index (κ2) is 8.96. The van der Waals surface area contributed by atoms with Crippen molar-refractivity contribution in [1.29, 1.82) is 0 Å². The molecule has 1 unspecified atom stereocenters. The number of thiazole rings is 1. The lowest BCUT2D eigenvalue weighted by Crippen LogP contribution is -2.15. The molecule has 3 heterocycles. The molecular formula is C23H25N5OS3. The Kier molecular flexibility index (Phi) is 6.05. The Morgan fingerprint density at radius 3 is 2.97 bits per heavy atom. The Hall–Kier alpha value is -2.23. The maximum absolute atomic E-state index is 12.6. The quantitative estimate of drug-likeness (QED) is 0.338. The number of thioether (sulfide) groups is 1. The fraction of sp³-hybridized carbons (Fsp3) is 0.391. The molecule has 4 aromatic rings. The largest absolute Gasteiger partial charge is 0.301 e. The van der Waals surface area contributed by atoms with Gasteiger partial charge in [0.2, 0.25) is 5.91 Å². The third-order valence-corrected chi connectivity index (χ3v) is 8.64. The highest BCUT2D eigenvalue weighted by atomic mass is 32.2. The first-order valence-electron chi connectivity index (χ1n) is 10.8. The molecule has 1 aromatic carbocycles. The topological polar surface area (TPSA) is 72.7 Å². The van der Waals surface area contributed by atoms with Crippen LogP contribution in [0.15, 0.2) is 34.8 Å². The number of hydrogen-bond acceptors (Lipinski definition) is 7. The van der Waals surface area contributed by atoms with Crippen molar-refractivity contribution in [2.24, 2.45) is 5.92 Å². The Balaban J connectivity index is 1.32. The van der Waals surface area contributed by atoms with Crippen molar-refractivity contribution in [3.05, 3.63) is 40.1 Å². The standard InChI is InChI=1S/C23H25N5OS3/c1-13(2)28-21(16-11-30-19-10-14(3)8-9-15(16)19)26-27-23(28)31-12-20(29)25-22-24-17-6-4-5-7-18(17)32-22/h4-7,11,13-14H,8-10,12H2,1-3H3,(H,24,25,29). The molecule has 3 aromatic heterocycles. The Morgan fingerprint density at radius 2 is 2.16 bits per heavy atom. The van der Waals surface area contributed by atoms with Crippen LogP contribution < -0.4 is 5.32 Å². The predicted octanol–water partition coefficient (Wildman–Crippen LogP) is 6.05. The summed E-state index contributed by atoms with van der Waals surface area (Å²) >= 11 is 4.75. The molecule has 166 valence electrons. The smallest absolute Gasteiger partial charge is 0.236 e. The van der Waals surface area contributed by atoms with Crippen molar-refractivity contribution in [2.75, 3.05) is 11.1 Å². The van der Waals surface area contributed by atoms with Crippen LogP contribution in [0.1, 0.15) is 43.7 Å². The SMILES string of the molecule is CC1CCc2c(-c3nnc(SCC(=O)Nc4nc5ccccc5s4)n3C(C)C)csc2C1. The van der Waals surface area contributed by atoms with Gasteiger partial charge in [-0.15, -0.1) is 21.5 Å². The molecule has 9 heteroatoms. The van der Waals surface area contributed by atoms with E-state index in [1.54, 1.807) is 0 Å². The summed E-state index contributed by atoms with van der Waals surface area (Å²) in [6, 6.07) is 8.09. The Morgan fingerprint density at radius 1 is 1.31 bits per heavy atom. The lowest BCUT2D eigenvalue weighted by Gasteiger charge is -2.19. The number of aromatic nitrogens is 4. The molecule has 0 bridgehead atoms. The van der Waals surface area contributed by atoms with E-state index in [1.165, 1.54) is 45.5 Å². The number of benzene rings is 1. The van der Waals surface area contributed by atoms with E-state index >= 15 is 0 Å². The number of hydrogen-bond donors (Lipinski definition) is 1. The summed E-state index contributed by atoms with van der Waals surface area (Å²) < 4.78 is 3.23. The molecule has 1 aliphatic rings. The van der Waals surface area contributed by atoms with Crippen molar-refractivity contribution < 1.29 is 4.79 Å². The monoisotopic (exact) mass is 483 g/mol. The lowest BCUT2D eigenvalue weighted by atomic mass is 9.88. The number of carbonyl (C=O) groups is 1. The number of carbonyl (C=O) groups excluding carboxylic acids is 1. The number of rotatable bonds is 6. The molecule has 1 N–H and O–H groups in total. The summed E-state index contributed by atoms with van der Waals surface area (Å²) in [5.74, 6) is 1.84. The Bertz CT molecular complexity index is 1240. The van der Waals surface area contributed by atoms with Crippen LogP contribution in [0.2, 0.25) is 0 Å². The van der Waals surface area contributed by atoms with E-state index in [1.807, 2.05) is 35.6 Å². The van der Waals surface area contributed by atoms with Crippen LogP contribution in [0.3, 0.4) is 0 Å². The first kappa shape index (κ1) is 21.6. The van der Waals surface area contributed by atoms with Gasteiger partial charge in [-0.3, -0.25) is 9.36 Å². The summed E-state index contributed by atoms with van der Waals surface area (Å²) in [5.41, 5.74) is 3.55. The fourth-order valence-corrected chi connectivity index (χ4v) is 7.09. The fourth-order valence-electron chi connectivity index (χ4n) is 4.10. The van der Waals surface area contributed by atoms with E-state index in [4.69, 9.17) is 0 Å². The molecule has 1 aliphatic carbocycles. The van der Waals surface area contributed by atoms with Crippen molar-refractivity contribution in [3.8, 4) is 11.4 Å². The van der Waals surface area contributed by atoms with E-state index in [0.717, 1.165) is 40.0 Å². The number of amides is 1. The molecule has 32 heavy (non-hydrogen) atoms. The number of nitrogens with zero attached hydrogens (tertiary/aromatic N) is 4. The average molecular weight is 484 g/mol.